The Morgan fingerprint density at radius 3 is 2.16 bits per heavy atom. The number of aromatic nitrogens is 1. The van der Waals surface area contributed by atoms with Gasteiger partial charge in [0.1, 0.15) is 11.4 Å². The first-order valence-electron chi connectivity index (χ1n) is 15.0. The molecule has 5 rings (SSSR count). The molecule has 4 aromatic carbocycles. The van der Waals surface area contributed by atoms with Crippen LogP contribution in [0.5, 0.6) is 17.2 Å². The molecule has 1 aromatic heterocycles. The number of amides is 3. The third-order valence-electron chi connectivity index (χ3n) is 7.14. The molecule has 0 aliphatic heterocycles. The van der Waals surface area contributed by atoms with Gasteiger partial charge in [-0.25, -0.2) is 4.98 Å². The number of carbonyl (C=O) groups excluding carboxylic acids is 3. The number of aryl methyl sites for hydroxylation is 1. The first-order valence-corrected chi connectivity index (χ1v) is 16.9. The van der Waals surface area contributed by atoms with Gasteiger partial charge in [0.25, 0.3) is 11.8 Å². The topological polar surface area (TPSA) is 128 Å². The van der Waals surface area contributed by atoms with Crippen molar-refractivity contribution in [2.75, 3.05) is 37.7 Å². The lowest BCUT2D eigenvalue weighted by molar-refractivity contribution is -0.114. The number of hydrogen-bond acceptors (Lipinski definition) is 9. The molecule has 0 spiro atoms. The minimum atomic E-state index is -0.561. The zero-order valence-electron chi connectivity index (χ0n) is 27.2. The number of hydrogen-bond donors (Lipinski definition) is 3. The van der Waals surface area contributed by atoms with E-state index in [4.69, 9.17) is 14.2 Å². The molecule has 0 atom stereocenters. The molecule has 12 heteroatoms. The van der Waals surface area contributed by atoms with Gasteiger partial charge >= 0.3 is 0 Å². The molecule has 5 aromatic rings. The average molecular weight is 695 g/mol. The summed E-state index contributed by atoms with van der Waals surface area (Å²) in [5.41, 5.74) is 4.30. The van der Waals surface area contributed by atoms with Crippen molar-refractivity contribution in [2.45, 2.75) is 11.8 Å². The zero-order chi connectivity index (χ0) is 34.8. The first kappa shape index (κ1) is 34.7. The number of thiazole rings is 1. The van der Waals surface area contributed by atoms with Crippen molar-refractivity contribution in [3.63, 3.8) is 0 Å². The molecule has 49 heavy (non-hydrogen) atoms. The summed E-state index contributed by atoms with van der Waals surface area (Å²) in [5, 5.41) is 10.9. The number of anilines is 2. The fraction of sp³-hybridized carbons (Fsp3) is 0.135. The molecule has 0 aliphatic rings. The molecular weight excluding hydrogens is 661 g/mol. The first-order chi connectivity index (χ1) is 23.8. The maximum absolute atomic E-state index is 13.6. The molecule has 0 bridgehead atoms. The van der Waals surface area contributed by atoms with Gasteiger partial charge in [0, 0.05) is 38.7 Å². The maximum atomic E-state index is 13.6. The van der Waals surface area contributed by atoms with E-state index in [2.05, 4.69) is 20.9 Å². The van der Waals surface area contributed by atoms with Crippen LogP contribution >= 0.6 is 23.1 Å². The van der Waals surface area contributed by atoms with Crippen LogP contribution in [0.1, 0.15) is 21.5 Å². The van der Waals surface area contributed by atoms with Crippen LogP contribution in [0, 0.1) is 6.92 Å². The fourth-order valence-corrected chi connectivity index (χ4v) is 6.02. The second-order valence-corrected chi connectivity index (χ2v) is 12.5. The predicted octanol–water partition coefficient (Wildman–Crippen LogP) is 7.28. The van der Waals surface area contributed by atoms with Crippen LogP contribution in [0.15, 0.2) is 107 Å². The van der Waals surface area contributed by atoms with E-state index in [0.29, 0.717) is 39.2 Å². The third-order valence-corrected chi connectivity index (χ3v) is 8.91. The predicted molar refractivity (Wildman–Crippen MR) is 195 cm³/mol. The van der Waals surface area contributed by atoms with E-state index in [0.717, 1.165) is 16.2 Å². The summed E-state index contributed by atoms with van der Waals surface area (Å²) in [6.45, 7) is 2.03. The van der Waals surface area contributed by atoms with E-state index in [-0.39, 0.29) is 17.4 Å². The van der Waals surface area contributed by atoms with Crippen molar-refractivity contribution in [3.05, 3.63) is 119 Å². The van der Waals surface area contributed by atoms with E-state index in [9.17, 15) is 14.4 Å². The largest absolute Gasteiger partial charge is 0.496 e. The van der Waals surface area contributed by atoms with Crippen LogP contribution < -0.4 is 30.2 Å². The van der Waals surface area contributed by atoms with Crippen molar-refractivity contribution in [1.82, 2.24) is 10.3 Å². The van der Waals surface area contributed by atoms with E-state index < -0.39 is 11.8 Å². The number of methoxy groups -OCH3 is 3. The standard InChI is InChI=1S/C37H34N4O6S2/c1-23-10-12-24(13-11-23)30-21-49-37(40-30)41-34(42)22-48-28-16-14-27(15-17-28)38-36(44)29(39-35(43)25-8-6-5-7-9-25)18-26-19-32(46-3)33(47-4)20-31(26)45-2/h5-21H,22H2,1-4H3,(H,38,44)(H,39,43)(H,40,41,42)/b29-18-. The van der Waals surface area contributed by atoms with Gasteiger partial charge in [-0.05, 0) is 55.5 Å². The molecule has 3 amide bonds. The van der Waals surface area contributed by atoms with Crippen molar-refractivity contribution < 1.29 is 28.6 Å². The van der Waals surface area contributed by atoms with Gasteiger partial charge in [0.2, 0.25) is 5.91 Å². The van der Waals surface area contributed by atoms with Crippen molar-refractivity contribution in [2.24, 2.45) is 0 Å². The van der Waals surface area contributed by atoms with Crippen molar-refractivity contribution in [1.29, 1.82) is 0 Å². The Morgan fingerprint density at radius 1 is 0.816 bits per heavy atom. The van der Waals surface area contributed by atoms with Gasteiger partial charge in [-0.15, -0.1) is 23.1 Å². The number of rotatable bonds is 13. The van der Waals surface area contributed by atoms with Crippen LogP contribution in [0.2, 0.25) is 0 Å². The molecule has 0 radical (unpaired) electrons. The SMILES string of the molecule is COc1cc(OC)c(OC)cc1/C=C(\NC(=O)c1ccccc1)C(=O)Nc1ccc(SCC(=O)Nc2nc(-c3ccc(C)cc3)cs2)cc1. The Labute approximate surface area is 292 Å². The van der Waals surface area contributed by atoms with E-state index in [1.165, 1.54) is 56.1 Å². The Bertz CT molecular complexity index is 1960. The number of carbonyl (C=O) groups is 3. The zero-order valence-corrected chi connectivity index (χ0v) is 28.9. The molecule has 10 nitrogen and oxygen atoms in total. The molecule has 3 N–H and O–H groups in total. The molecule has 0 saturated heterocycles. The smallest absolute Gasteiger partial charge is 0.272 e. The van der Waals surface area contributed by atoms with Gasteiger partial charge in [0.05, 0.1) is 32.8 Å². The second-order valence-electron chi connectivity index (χ2n) is 10.5. The summed E-state index contributed by atoms with van der Waals surface area (Å²) < 4.78 is 16.3. The van der Waals surface area contributed by atoms with Gasteiger partial charge in [0.15, 0.2) is 16.6 Å². The van der Waals surface area contributed by atoms with Gasteiger partial charge in [-0.3, -0.25) is 14.4 Å². The van der Waals surface area contributed by atoms with Crippen LogP contribution in [-0.4, -0.2) is 49.8 Å². The lowest BCUT2D eigenvalue weighted by Gasteiger charge is -2.15. The Hall–Kier alpha value is -5.59. The summed E-state index contributed by atoms with van der Waals surface area (Å²) in [6, 6.07) is 27.0. The molecule has 0 saturated carbocycles. The molecule has 0 unspecified atom stereocenters. The molecule has 250 valence electrons. The van der Waals surface area contributed by atoms with Crippen molar-refractivity contribution in [3.8, 4) is 28.5 Å². The summed E-state index contributed by atoms with van der Waals surface area (Å²) in [5.74, 6) is 0.248. The quantitative estimate of drug-likeness (QED) is 0.0867. The van der Waals surface area contributed by atoms with Crippen LogP contribution in [0.4, 0.5) is 10.8 Å². The highest BCUT2D eigenvalue weighted by atomic mass is 32.2. The van der Waals surface area contributed by atoms with E-state index in [1.54, 1.807) is 66.7 Å². The number of nitrogens with one attached hydrogen (secondary N) is 3. The summed E-state index contributed by atoms with van der Waals surface area (Å²) in [6.07, 6.45) is 1.51. The molecule has 0 fully saturated rings. The average Bonchev–Trinajstić information content (AvgIpc) is 3.59. The van der Waals surface area contributed by atoms with Gasteiger partial charge in [-0.1, -0.05) is 48.0 Å². The lowest BCUT2D eigenvalue weighted by Crippen LogP contribution is -2.30. The Balaban J connectivity index is 1.25. The van der Waals surface area contributed by atoms with Gasteiger partial charge < -0.3 is 30.2 Å². The van der Waals surface area contributed by atoms with Crippen LogP contribution in [0.3, 0.4) is 0 Å². The van der Waals surface area contributed by atoms with Crippen LogP contribution in [0.25, 0.3) is 17.3 Å². The highest BCUT2D eigenvalue weighted by molar-refractivity contribution is 8.00. The summed E-state index contributed by atoms with van der Waals surface area (Å²) in [4.78, 5) is 44.7. The molecular formula is C37H34N4O6S2. The number of nitrogens with zero attached hydrogens (tertiary/aromatic N) is 1. The highest BCUT2D eigenvalue weighted by Crippen LogP contribution is 2.36. The van der Waals surface area contributed by atoms with E-state index in [1.807, 2.05) is 36.6 Å². The monoisotopic (exact) mass is 694 g/mol. The van der Waals surface area contributed by atoms with E-state index >= 15 is 0 Å². The number of ether oxygens (including phenoxy) is 3. The molecule has 1 heterocycles. The second kappa shape index (κ2) is 16.5. The minimum absolute atomic E-state index is 0.0257. The summed E-state index contributed by atoms with van der Waals surface area (Å²) in [7, 11) is 4.50. The minimum Gasteiger partial charge on any atom is -0.496 e. The summed E-state index contributed by atoms with van der Waals surface area (Å²) >= 11 is 2.73. The number of benzene rings is 4. The molecule has 0 aliphatic carbocycles. The highest BCUT2D eigenvalue weighted by Gasteiger charge is 2.18. The Morgan fingerprint density at radius 2 is 1.49 bits per heavy atom. The Kier molecular flexibility index (Phi) is 11.7. The third kappa shape index (κ3) is 9.28. The maximum Gasteiger partial charge on any atom is 0.272 e. The normalized spacial score (nSPS) is 11.0. The lowest BCUT2D eigenvalue weighted by atomic mass is 10.1. The van der Waals surface area contributed by atoms with Crippen molar-refractivity contribution >= 4 is 57.7 Å². The fourth-order valence-electron chi connectivity index (χ4n) is 4.59. The van der Waals surface area contributed by atoms with Crippen LogP contribution in [-0.2, 0) is 9.59 Å². The van der Waals surface area contributed by atoms with Gasteiger partial charge in [-0.2, -0.15) is 0 Å². The number of thioether (sulfide) groups is 1.